The number of nitrogens with one attached hydrogen (secondary N) is 2. The first-order valence-electron chi connectivity index (χ1n) is 5.57. The zero-order valence-corrected chi connectivity index (χ0v) is 10.2. The summed E-state index contributed by atoms with van der Waals surface area (Å²) in [6.45, 7) is 3.42. The first kappa shape index (κ1) is 16.0. The molecule has 0 rings (SSSR count). The van der Waals surface area contributed by atoms with E-state index < -0.39 is 12.6 Å². The summed E-state index contributed by atoms with van der Waals surface area (Å²) in [7, 11) is 1.59. The topological polar surface area (TPSA) is 45.7 Å². The lowest BCUT2D eigenvalue weighted by Gasteiger charge is -2.12. The summed E-state index contributed by atoms with van der Waals surface area (Å²) in [5, 5.41) is 5.51. The number of aliphatic imine (C=N–C) groups is 1. The third-order valence-corrected chi connectivity index (χ3v) is 1.82. The van der Waals surface area contributed by atoms with E-state index in [2.05, 4.69) is 15.6 Å². The summed E-state index contributed by atoms with van der Waals surface area (Å²) in [6.07, 6.45) is -4.26. The fourth-order valence-electron chi connectivity index (χ4n) is 1.06. The highest BCUT2D eigenvalue weighted by molar-refractivity contribution is 5.79. The van der Waals surface area contributed by atoms with Crippen molar-refractivity contribution < 1.29 is 17.9 Å². The molecule has 2 N–H and O–H groups in total. The van der Waals surface area contributed by atoms with Gasteiger partial charge >= 0.3 is 6.18 Å². The highest BCUT2D eigenvalue weighted by Gasteiger charge is 2.26. The Labute approximate surface area is 99.6 Å². The zero-order chi connectivity index (χ0) is 13.1. The molecule has 0 amide bonds. The molecular formula is C10H20F3N3O. The van der Waals surface area contributed by atoms with Gasteiger partial charge in [0.25, 0.3) is 0 Å². The Morgan fingerprint density at radius 3 is 2.53 bits per heavy atom. The fraction of sp³-hybridized carbons (Fsp3) is 0.900. The zero-order valence-electron chi connectivity index (χ0n) is 10.2. The summed E-state index contributed by atoms with van der Waals surface area (Å²) in [5.41, 5.74) is 0. The van der Waals surface area contributed by atoms with Crippen molar-refractivity contribution in [3.8, 4) is 0 Å². The first-order chi connectivity index (χ1) is 7.99. The SMILES string of the molecule is CCNC(=NCCCOC)NCCC(F)(F)F. The van der Waals surface area contributed by atoms with Crippen LogP contribution in [0.2, 0.25) is 0 Å². The Kier molecular flexibility index (Phi) is 8.57. The van der Waals surface area contributed by atoms with Crippen LogP contribution < -0.4 is 10.6 Å². The third-order valence-electron chi connectivity index (χ3n) is 1.82. The van der Waals surface area contributed by atoms with E-state index in [9.17, 15) is 13.2 Å². The molecule has 0 aliphatic heterocycles. The Morgan fingerprint density at radius 2 is 2.00 bits per heavy atom. The van der Waals surface area contributed by atoms with Gasteiger partial charge in [-0.05, 0) is 13.3 Å². The van der Waals surface area contributed by atoms with Crippen LogP contribution in [0.3, 0.4) is 0 Å². The van der Waals surface area contributed by atoms with Gasteiger partial charge in [0.05, 0.1) is 6.42 Å². The Morgan fingerprint density at radius 1 is 1.29 bits per heavy atom. The number of nitrogens with zero attached hydrogens (tertiary/aromatic N) is 1. The van der Waals surface area contributed by atoms with E-state index in [4.69, 9.17) is 4.74 Å². The van der Waals surface area contributed by atoms with Crippen LogP contribution in [0.15, 0.2) is 4.99 Å². The van der Waals surface area contributed by atoms with E-state index in [1.54, 1.807) is 7.11 Å². The molecule has 0 aliphatic carbocycles. The summed E-state index contributed by atoms with van der Waals surface area (Å²) in [4.78, 5) is 4.12. The van der Waals surface area contributed by atoms with Crippen LogP contribution in [0.5, 0.6) is 0 Å². The average molecular weight is 255 g/mol. The van der Waals surface area contributed by atoms with Gasteiger partial charge in [0.15, 0.2) is 5.96 Å². The summed E-state index contributed by atoms with van der Waals surface area (Å²) in [6, 6.07) is 0. The van der Waals surface area contributed by atoms with Gasteiger partial charge in [0.1, 0.15) is 0 Å². The van der Waals surface area contributed by atoms with E-state index in [0.29, 0.717) is 25.7 Å². The normalized spacial score (nSPS) is 12.6. The Bertz CT molecular complexity index is 219. The summed E-state index contributed by atoms with van der Waals surface area (Å²) >= 11 is 0. The van der Waals surface area contributed by atoms with E-state index in [1.807, 2.05) is 6.92 Å². The van der Waals surface area contributed by atoms with E-state index in [0.717, 1.165) is 6.42 Å². The average Bonchev–Trinajstić information content (AvgIpc) is 2.22. The lowest BCUT2D eigenvalue weighted by atomic mass is 10.4. The van der Waals surface area contributed by atoms with Gasteiger partial charge in [0.2, 0.25) is 0 Å². The fourth-order valence-corrected chi connectivity index (χ4v) is 1.06. The second-order valence-electron chi connectivity index (χ2n) is 3.40. The molecule has 0 aromatic carbocycles. The molecule has 102 valence electrons. The molecule has 0 bridgehead atoms. The predicted octanol–water partition coefficient (Wildman–Crippen LogP) is 1.53. The molecule has 17 heavy (non-hydrogen) atoms. The van der Waals surface area contributed by atoms with E-state index >= 15 is 0 Å². The number of halogens is 3. The number of rotatable bonds is 7. The van der Waals surface area contributed by atoms with Gasteiger partial charge in [-0.1, -0.05) is 0 Å². The quantitative estimate of drug-likeness (QED) is 0.412. The standard InChI is InChI=1S/C10H20F3N3O/c1-3-14-9(15-6-4-8-17-2)16-7-5-10(11,12)13/h3-8H2,1-2H3,(H2,14,15,16). The molecule has 0 heterocycles. The van der Waals surface area contributed by atoms with Gasteiger partial charge in [-0.15, -0.1) is 0 Å². The number of methoxy groups -OCH3 is 1. The third kappa shape index (κ3) is 11.3. The maximum absolute atomic E-state index is 11.9. The van der Waals surface area contributed by atoms with Crippen molar-refractivity contribution in [2.45, 2.75) is 25.9 Å². The highest BCUT2D eigenvalue weighted by atomic mass is 19.4. The molecule has 0 radical (unpaired) electrons. The largest absolute Gasteiger partial charge is 0.390 e. The van der Waals surface area contributed by atoms with Crippen LogP contribution in [0.1, 0.15) is 19.8 Å². The van der Waals surface area contributed by atoms with Gasteiger partial charge in [-0.3, -0.25) is 4.99 Å². The molecule has 0 aromatic rings. The van der Waals surface area contributed by atoms with Crippen molar-refractivity contribution in [3.63, 3.8) is 0 Å². The van der Waals surface area contributed by atoms with Gasteiger partial charge in [-0.25, -0.2) is 0 Å². The summed E-state index contributed by atoms with van der Waals surface area (Å²) < 4.78 is 40.6. The van der Waals surface area contributed by atoms with E-state index in [1.165, 1.54) is 0 Å². The lowest BCUT2D eigenvalue weighted by Crippen LogP contribution is -2.39. The van der Waals surface area contributed by atoms with Crippen LogP contribution in [0.4, 0.5) is 13.2 Å². The van der Waals surface area contributed by atoms with Gasteiger partial charge in [-0.2, -0.15) is 13.2 Å². The molecule has 0 aromatic heterocycles. The van der Waals surface area contributed by atoms with Crippen molar-refractivity contribution in [2.24, 2.45) is 4.99 Å². The van der Waals surface area contributed by atoms with Crippen LogP contribution in [0, 0.1) is 0 Å². The molecular weight excluding hydrogens is 235 g/mol. The van der Waals surface area contributed by atoms with Crippen LogP contribution >= 0.6 is 0 Å². The minimum atomic E-state index is -4.14. The molecule has 7 heteroatoms. The maximum atomic E-state index is 11.9. The molecule has 0 atom stereocenters. The maximum Gasteiger partial charge on any atom is 0.390 e. The Hall–Kier alpha value is -0.980. The molecule has 0 unspecified atom stereocenters. The monoisotopic (exact) mass is 255 g/mol. The van der Waals surface area contributed by atoms with Crippen molar-refractivity contribution in [1.29, 1.82) is 0 Å². The van der Waals surface area contributed by atoms with Crippen molar-refractivity contribution in [2.75, 3.05) is 33.4 Å². The number of hydrogen-bond donors (Lipinski definition) is 2. The van der Waals surface area contributed by atoms with Crippen molar-refractivity contribution >= 4 is 5.96 Å². The van der Waals surface area contributed by atoms with Crippen molar-refractivity contribution in [3.05, 3.63) is 0 Å². The minimum absolute atomic E-state index is 0.167. The summed E-state index contributed by atoms with van der Waals surface area (Å²) in [5.74, 6) is 0.410. The van der Waals surface area contributed by atoms with Crippen LogP contribution in [-0.4, -0.2) is 45.5 Å². The second-order valence-corrected chi connectivity index (χ2v) is 3.40. The molecule has 4 nitrogen and oxygen atoms in total. The minimum Gasteiger partial charge on any atom is -0.385 e. The molecule has 0 saturated heterocycles. The smallest absolute Gasteiger partial charge is 0.385 e. The number of guanidine groups is 1. The molecule has 0 fully saturated rings. The molecule has 0 aliphatic rings. The lowest BCUT2D eigenvalue weighted by molar-refractivity contribution is -0.132. The molecule has 0 saturated carbocycles. The van der Waals surface area contributed by atoms with Gasteiger partial charge < -0.3 is 15.4 Å². The predicted molar refractivity (Wildman–Crippen MR) is 61.1 cm³/mol. The number of hydrogen-bond acceptors (Lipinski definition) is 2. The van der Waals surface area contributed by atoms with Crippen LogP contribution in [-0.2, 0) is 4.74 Å². The second kappa shape index (κ2) is 9.09. The number of ether oxygens (including phenoxy) is 1. The Balaban J connectivity index is 3.88. The number of alkyl halides is 3. The van der Waals surface area contributed by atoms with Crippen molar-refractivity contribution in [1.82, 2.24) is 10.6 Å². The highest BCUT2D eigenvalue weighted by Crippen LogP contribution is 2.17. The van der Waals surface area contributed by atoms with Gasteiger partial charge in [0, 0.05) is 33.4 Å². The first-order valence-corrected chi connectivity index (χ1v) is 5.57. The molecule has 0 spiro atoms. The van der Waals surface area contributed by atoms with Crippen LogP contribution in [0.25, 0.3) is 0 Å². The van der Waals surface area contributed by atoms with E-state index in [-0.39, 0.29) is 6.54 Å².